The van der Waals surface area contributed by atoms with Crippen molar-refractivity contribution in [3.63, 3.8) is 0 Å². The first-order valence-electron chi connectivity index (χ1n) is 6.52. The predicted octanol–water partition coefficient (Wildman–Crippen LogP) is 2.22. The highest BCUT2D eigenvalue weighted by Crippen LogP contribution is 2.11. The Bertz CT molecular complexity index is 584. The molecule has 1 unspecified atom stereocenters. The minimum atomic E-state index is -2.53. The highest BCUT2D eigenvalue weighted by Gasteiger charge is 2.15. The highest BCUT2D eigenvalue weighted by atomic mass is 19.3. The summed E-state index contributed by atoms with van der Waals surface area (Å²) in [6.45, 7) is -0.514. The largest absolute Gasteiger partial charge is 0.387 e. The monoisotopic (exact) mass is 294 g/mol. The standard InChI is InChI=1S/C15H16F2N2O2/c16-14(17)10-19-8-4-7-12(19)15(21)18-9-13(20)11-5-2-1-3-6-11/h1-8,13-14,20H,9-10H2,(H,18,21). The number of amides is 1. The number of halogens is 2. The molecule has 0 aliphatic rings. The molecule has 0 bridgehead atoms. The molecule has 0 radical (unpaired) electrons. The Morgan fingerprint density at radius 1 is 1.19 bits per heavy atom. The molecule has 2 rings (SSSR count). The number of hydrogen-bond donors (Lipinski definition) is 2. The maximum atomic E-state index is 12.4. The van der Waals surface area contributed by atoms with Crippen molar-refractivity contribution in [1.82, 2.24) is 9.88 Å². The number of aromatic nitrogens is 1. The fourth-order valence-corrected chi connectivity index (χ4v) is 2.00. The van der Waals surface area contributed by atoms with Gasteiger partial charge in [0.2, 0.25) is 0 Å². The van der Waals surface area contributed by atoms with Crippen molar-refractivity contribution in [2.24, 2.45) is 0 Å². The van der Waals surface area contributed by atoms with E-state index in [9.17, 15) is 18.7 Å². The number of nitrogens with zero attached hydrogens (tertiary/aromatic N) is 1. The van der Waals surface area contributed by atoms with Crippen molar-refractivity contribution in [1.29, 1.82) is 0 Å². The lowest BCUT2D eigenvalue weighted by Crippen LogP contribution is -2.30. The molecular formula is C15H16F2N2O2. The van der Waals surface area contributed by atoms with Gasteiger partial charge in [0, 0.05) is 12.7 Å². The Balaban J connectivity index is 1.95. The lowest BCUT2D eigenvalue weighted by molar-refractivity contribution is 0.0894. The Hall–Kier alpha value is -2.21. The van der Waals surface area contributed by atoms with Crippen LogP contribution in [0.5, 0.6) is 0 Å². The number of nitrogens with one attached hydrogen (secondary N) is 1. The topological polar surface area (TPSA) is 54.3 Å². The normalized spacial score (nSPS) is 12.4. The van der Waals surface area contributed by atoms with Gasteiger partial charge in [-0.25, -0.2) is 8.78 Å². The molecule has 2 N–H and O–H groups in total. The number of carbonyl (C=O) groups is 1. The smallest absolute Gasteiger partial charge is 0.268 e. The molecule has 0 spiro atoms. The van der Waals surface area contributed by atoms with Gasteiger partial charge in [-0.3, -0.25) is 4.79 Å². The number of alkyl halides is 2. The molecule has 4 nitrogen and oxygen atoms in total. The van der Waals surface area contributed by atoms with Crippen molar-refractivity contribution in [2.45, 2.75) is 19.1 Å². The van der Waals surface area contributed by atoms with E-state index in [1.165, 1.54) is 22.9 Å². The molecule has 6 heteroatoms. The SMILES string of the molecule is O=C(NCC(O)c1ccccc1)c1cccn1CC(F)F. The van der Waals surface area contributed by atoms with E-state index in [-0.39, 0.29) is 12.2 Å². The Morgan fingerprint density at radius 2 is 1.90 bits per heavy atom. The first kappa shape index (κ1) is 15.2. The average molecular weight is 294 g/mol. The molecule has 1 heterocycles. The van der Waals surface area contributed by atoms with Gasteiger partial charge in [0.05, 0.1) is 12.6 Å². The van der Waals surface area contributed by atoms with Crippen LogP contribution in [0.15, 0.2) is 48.7 Å². The molecular weight excluding hydrogens is 278 g/mol. The lowest BCUT2D eigenvalue weighted by atomic mass is 10.1. The third-order valence-corrected chi connectivity index (χ3v) is 3.04. The molecule has 0 aliphatic heterocycles. The fourth-order valence-electron chi connectivity index (χ4n) is 2.00. The van der Waals surface area contributed by atoms with Crippen molar-refractivity contribution < 1.29 is 18.7 Å². The molecule has 1 aromatic carbocycles. The molecule has 112 valence electrons. The summed E-state index contributed by atoms with van der Waals surface area (Å²) in [5.74, 6) is -0.490. The van der Waals surface area contributed by atoms with E-state index in [0.29, 0.717) is 5.56 Å². The third kappa shape index (κ3) is 4.13. The van der Waals surface area contributed by atoms with Gasteiger partial charge in [-0.15, -0.1) is 0 Å². The van der Waals surface area contributed by atoms with Gasteiger partial charge in [-0.2, -0.15) is 0 Å². The van der Waals surface area contributed by atoms with Gasteiger partial charge < -0.3 is 15.0 Å². The molecule has 0 saturated heterocycles. The molecule has 1 atom stereocenters. The second-order valence-corrected chi connectivity index (χ2v) is 4.57. The second-order valence-electron chi connectivity index (χ2n) is 4.57. The maximum absolute atomic E-state index is 12.4. The van der Waals surface area contributed by atoms with Crippen molar-refractivity contribution in [3.05, 3.63) is 59.9 Å². The average Bonchev–Trinajstić information content (AvgIpc) is 2.92. The summed E-state index contributed by atoms with van der Waals surface area (Å²) in [6, 6.07) is 11.9. The molecule has 0 saturated carbocycles. The van der Waals surface area contributed by atoms with Crippen LogP contribution >= 0.6 is 0 Å². The van der Waals surface area contributed by atoms with Gasteiger partial charge in [-0.1, -0.05) is 30.3 Å². The molecule has 1 aromatic heterocycles. The quantitative estimate of drug-likeness (QED) is 0.858. The van der Waals surface area contributed by atoms with Gasteiger partial charge in [-0.05, 0) is 17.7 Å². The van der Waals surface area contributed by atoms with Crippen LogP contribution in [0.1, 0.15) is 22.2 Å². The van der Waals surface area contributed by atoms with Crippen molar-refractivity contribution in [3.8, 4) is 0 Å². The molecule has 2 aromatic rings. The van der Waals surface area contributed by atoms with Crippen molar-refractivity contribution >= 4 is 5.91 Å². The van der Waals surface area contributed by atoms with E-state index in [1.807, 2.05) is 6.07 Å². The minimum Gasteiger partial charge on any atom is -0.387 e. The van der Waals surface area contributed by atoms with E-state index in [2.05, 4.69) is 5.32 Å². The van der Waals surface area contributed by atoms with Crippen LogP contribution in [0, 0.1) is 0 Å². The Kier molecular flexibility index (Phi) is 5.05. The fraction of sp³-hybridized carbons (Fsp3) is 0.267. The number of carbonyl (C=O) groups excluding carboxylic acids is 1. The summed E-state index contributed by atoms with van der Waals surface area (Å²) >= 11 is 0. The maximum Gasteiger partial charge on any atom is 0.268 e. The van der Waals surface area contributed by atoms with Crippen LogP contribution in [-0.2, 0) is 6.54 Å². The van der Waals surface area contributed by atoms with Crippen LogP contribution in [0.4, 0.5) is 8.78 Å². The van der Waals surface area contributed by atoms with Crippen LogP contribution in [0.2, 0.25) is 0 Å². The summed E-state index contributed by atoms with van der Waals surface area (Å²) in [6.07, 6.45) is -1.94. The summed E-state index contributed by atoms with van der Waals surface area (Å²) in [4.78, 5) is 12.0. The lowest BCUT2D eigenvalue weighted by Gasteiger charge is -2.13. The van der Waals surface area contributed by atoms with Crippen LogP contribution < -0.4 is 5.32 Å². The molecule has 21 heavy (non-hydrogen) atoms. The van der Waals surface area contributed by atoms with Crippen LogP contribution in [-0.4, -0.2) is 28.6 Å². The predicted molar refractivity (Wildman–Crippen MR) is 74.2 cm³/mol. The van der Waals surface area contributed by atoms with E-state index < -0.39 is 25.0 Å². The number of rotatable bonds is 6. The molecule has 0 fully saturated rings. The first-order valence-corrected chi connectivity index (χ1v) is 6.52. The van der Waals surface area contributed by atoms with E-state index in [1.54, 1.807) is 24.3 Å². The second kappa shape index (κ2) is 6.99. The number of aliphatic hydroxyl groups excluding tert-OH is 1. The van der Waals surface area contributed by atoms with Gasteiger partial charge in [0.15, 0.2) is 0 Å². The van der Waals surface area contributed by atoms with Gasteiger partial charge >= 0.3 is 0 Å². The Morgan fingerprint density at radius 3 is 2.57 bits per heavy atom. The Labute approximate surface area is 121 Å². The van der Waals surface area contributed by atoms with Crippen LogP contribution in [0.3, 0.4) is 0 Å². The van der Waals surface area contributed by atoms with Gasteiger partial charge in [0.1, 0.15) is 5.69 Å². The summed E-state index contributed by atoms with van der Waals surface area (Å²) in [7, 11) is 0. The van der Waals surface area contributed by atoms with E-state index in [0.717, 1.165) is 0 Å². The van der Waals surface area contributed by atoms with Crippen molar-refractivity contribution in [2.75, 3.05) is 6.54 Å². The minimum absolute atomic E-state index is 0.0166. The zero-order valence-electron chi connectivity index (χ0n) is 11.2. The number of benzene rings is 1. The zero-order valence-corrected chi connectivity index (χ0v) is 11.2. The van der Waals surface area contributed by atoms with E-state index >= 15 is 0 Å². The summed E-state index contributed by atoms with van der Waals surface area (Å²) in [5, 5.41) is 12.5. The van der Waals surface area contributed by atoms with Gasteiger partial charge in [0.25, 0.3) is 12.3 Å². The van der Waals surface area contributed by atoms with Crippen LogP contribution in [0.25, 0.3) is 0 Å². The first-order chi connectivity index (χ1) is 10.1. The third-order valence-electron chi connectivity index (χ3n) is 3.04. The zero-order chi connectivity index (χ0) is 15.2. The molecule has 1 amide bonds. The number of hydrogen-bond acceptors (Lipinski definition) is 2. The molecule has 0 aliphatic carbocycles. The number of aliphatic hydroxyl groups is 1. The highest BCUT2D eigenvalue weighted by molar-refractivity contribution is 5.92. The summed E-state index contributed by atoms with van der Waals surface area (Å²) < 4.78 is 26.0. The summed E-state index contributed by atoms with van der Waals surface area (Å²) in [5.41, 5.74) is 0.830. The van der Waals surface area contributed by atoms with E-state index in [4.69, 9.17) is 0 Å².